The molecule has 1 saturated heterocycles. The summed E-state index contributed by atoms with van der Waals surface area (Å²) in [7, 11) is 6.72. The minimum atomic E-state index is -0.210. The molecule has 11 heteroatoms. The first kappa shape index (κ1) is 39.0. The summed E-state index contributed by atoms with van der Waals surface area (Å²) in [5.41, 5.74) is 11.6. The smallest absolute Gasteiger partial charge is 0.348 e. The van der Waals surface area contributed by atoms with Gasteiger partial charge in [-0.2, -0.15) is 5.10 Å². The van der Waals surface area contributed by atoms with E-state index in [1.165, 1.54) is 55.4 Å². The van der Waals surface area contributed by atoms with Crippen molar-refractivity contribution in [2.75, 3.05) is 37.6 Å². The highest BCUT2D eigenvalue weighted by molar-refractivity contribution is 6.90. The number of anilines is 4. The van der Waals surface area contributed by atoms with Crippen molar-refractivity contribution in [3.05, 3.63) is 126 Å². The zero-order valence-corrected chi connectivity index (χ0v) is 37.4. The third kappa shape index (κ3) is 5.54. The number of hydrogen-bond acceptors (Lipinski definition) is 7. The number of pyridine rings is 1. The Balaban J connectivity index is 1.14. The van der Waals surface area contributed by atoms with Gasteiger partial charge in [-0.15, -0.1) is 0 Å². The van der Waals surface area contributed by atoms with Crippen LogP contribution in [0.4, 0.5) is 22.7 Å². The Bertz CT molecular complexity index is 2830. The maximum absolute atomic E-state index is 7.02. The Hall–Kier alpha value is -5.22. The van der Waals surface area contributed by atoms with Crippen LogP contribution in [-0.2, 0) is 16.2 Å². The molecule has 8 nitrogen and oxygen atoms in total. The summed E-state index contributed by atoms with van der Waals surface area (Å²) in [5, 5.41) is 9.49. The topological polar surface area (TPSA) is 42.7 Å². The zero-order chi connectivity index (χ0) is 42.2. The molecule has 2 aromatic heterocycles. The van der Waals surface area contributed by atoms with Gasteiger partial charge < -0.3 is 28.7 Å². The van der Waals surface area contributed by atoms with Gasteiger partial charge in [0.1, 0.15) is 18.2 Å². The molecule has 7 aromatic rings. The standard InChI is InChI=1S/C49H56B3N7O/c1-47(2,3)32-27-34(58-31-57(33-19-14-13-15-20-33)40-23-16-17-24-41(40)58)29-36(28-32)60-35-25-26-37-38-21-18-22-39-43(38)45-44(49(6,7)48(39,4)5)46(53-59(45)42(37)30-35)52-55(11)50(8)54(10)51(9)56(52)12/h13-30H,31H2,1-12H3. The zero-order valence-electron chi connectivity index (χ0n) is 37.4. The van der Waals surface area contributed by atoms with Gasteiger partial charge in [0.25, 0.3) is 14.0 Å². The molecule has 0 atom stereocenters. The highest BCUT2D eigenvalue weighted by Gasteiger charge is 2.53. The predicted molar refractivity (Wildman–Crippen MR) is 255 cm³/mol. The molecule has 302 valence electrons. The average molecular weight is 791 g/mol. The molecule has 0 amide bonds. The van der Waals surface area contributed by atoms with Crippen LogP contribution < -0.4 is 20.1 Å². The SMILES string of the molecule is CB1N(C)B(C)N(C)B(c2nn3c4cc(Oc5cc(N6CN(c7ccccc7)c7ccccc76)cc(C(C)(C)C)c5)ccc4c4cccc5c4c3c2C(C)(C)C5(C)C)N1C. The molecular formula is C49H56B3N7O. The molecule has 2 aliphatic heterocycles. The minimum absolute atomic E-state index is 0.00179. The second-order valence-corrected chi connectivity index (χ2v) is 19.7. The van der Waals surface area contributed by atoms with Crippen molar-refractivity contribution < 1.29 is 4.74 Å². The quantitative estimate of drug-likeness (QED) is 0.127. The van der Waals surface area contributed by atoms with Crippen LogP contribution in [0.2, 0.25) is 13.6 Å². The molecule has 0 bridgehead atoms. The van der Waals surface area contributed by atoms with Crippen LogP contribution in [0.5, 0.6) is 11.5 Å². The lowest BCUT2D eigenvalue weighted by molar-refractivity contribution is 0.305. The summed E-state index contributed by atoms with van der Waals surface area (Å²) in [5.74, 6) is 1.60. The number of para-hydroxylation sites is 3. The fourth-order valence-corrected chi connectivity index (χ4v) is 10.4. The fourth-order valence-electron chi connectivity index (χ4n) is 10.4. The number of nitrogens with zero attached hydrogens (tertiary/aromatic N) is 7. The molecule has 0 saturated carbocycles. The van der Waals surface area contributed by atoms with Gasteiger partial charge in [-0.1, -0.05) is 111 Å². The van der Waals surface area contributed by atoms with Crippen molar-refractivity contribution in [2.45, 2.75) is 78.4 Å². The molecule has 10 rings (SSSR count). The van der Waals surface area contributed by atoms with Gasteiger partial charge in [-0.3, -0.25) is 0 Å². The third-order valence-corrected chi connectivity index (χ3v) is 15.1. The highest BCUT2D eigenvalue weighted by Crippen LogP contribution is 2.53. The maximum Gasteiger partial charge on any atom is 0.348 e. The van der Waals surface area contributed by atoms with Gasteiger partial charge in [0.05, 0.1) is 28.0 Å². The van der Waals surface area contributed by atoms with Gasteiger partial charge in [0.2, 0.25) is 0 Å². The molecule has 3 aliphatic rings. The monoisotopic (exact) mass is 791 g/mol. The second kappa shape index (κ2) is 13.4. The van der Waals surface area contributed by atoms with Crippen LogP contribution in [0.25, 0.3) is 27.2 Å². The molecular weight excluding hydrogens is 735 g/mol. The van der Waals surface area contributed by atoms with Crippen LogP contribution in [-0.4, -0.2) is 72.5 Å². The van der Waals surface area contributed by atoms with Gasteiger partial charge >= 0.3 is 6.98 Å². The lowest BCUT2D eigenvalue weighted by atomic mass is 9.42. The van der Waals surface area contributed by atoms with Gasteiger partial charge in [-0.25, -0.2) is 4.52 Å². The predicted octanol–water partition coefficient (Wildman–Crippen LogP) is 10.3. The van der Waals surface area contributed by atoms with Crippen LogP contribution >= 0.6 is 0 Å². The molecule has 0 N–H and O–H groups in total. The maximum atomic E-state index is 7.02. The molecule has 0 unspecified atom stereocenters. The highest BCUT2D eigenvalue weighted by atomic mass is 16.5. The Morgan fingerprint density at radius 1 is 0.633 bits per heavy atom. The molecule has 0 radical (unpaired) electrons. The van der Waals surface area contributed by atoms with E-state index < -0.39 is 0 Å². The largest absolute Gasteiger partial charge is 0.457 e. The van der Waals surface area contributed by atoms with E-state index in [9.17, 15) is 0 Å². The van der Waals surface area contributed by atoms with E-state index in [2.05, 4.69) is 221 Å². The number of aromatic nitrogens is 2. The van der Waals surface area contributed by atoms with E-state index in [0.29, 0.717) is 6.67 Å². The Morgan fingerprint density at radius 3 is 1.95 bits per heavy atom. The van der Waals surface area contributed by atoms with Crippen molar-refractivity contribution in [3.63, 3.8) is 0 Å². The Labute approximate surface area is 357 Å². The minimum Gasteiger partial charge on any atom is -0.457 e. The van der Waals surface area contributed by atoms with Crippen LogP contribution in [0, 0.1) is 0 Å². The van der Waals surface area contributed by atoms with Crippen LogP contribution in [0.15, 0.2) is 109 Å². The summed E-state index contributed by atoms with van der Waals surface area (Å²) >= 11 is 0. The Kier molecular flexibility index (Phi) is 8.69. The van der Waals surface area contributed by atoms with Crippen molar-refractivity contribution >= 4 is 76.5 Å². The van der Waals surface area contributed by atoms with Crippen molar-refractivity contribution in [1.82, 2.24) is 23.8 Å². The summed E-state index contributed by atoms with van der Waals surface area (Å²) in [6, 6.07) is 39.6. The molecule has 1 aliphatic carbocycles. The van der Waals surface area contributed by atoms with E-state index in [0.717, 1.165) is 28.3 Å². The molecule has 5 aromatic carbocycles. The average Bonchev–Trinajstić information content (AvgIpc) is 3.82. The van der Waals surface area contributed by atoms with Crippen molar-refractivity contribution in [3.8, 4) is 11.5 Å². The van der Waals surface area contributed by atoms with Gasteiger partial charge in [-0.05, 0) is 97.0 Å². The molecule has 4 heterocycles. The number of ether oxygens (including phenoxy) is 1. The van der Waals surface area contributed by atoms with Crippen LogP contribution in [0.3, 0.4) is 0 Å². The summed E-state index contributed by atoms with van der Waals surface area (Å²) in [6.45, 7) is 22.3. The normalized spacial score (nSPS) is 18.2. The number of fused-ring (bicyclic) bond motifs is 4. The number of hydrogen-bond donors (Lipinski definition) is 0. The van der Waals surface area contributed by atoms with Gasteiger partial charge in [0, 0.05) is 45.3 Å². The van der Waals surface area contributed by atoms with E-state index in [-0.39, 0.29) is 37.2 Å². The van der Waals surface area contributed by atoms with Crippen LogP contribution in [0.1, 0.15) is 65.2 Å². The van der Waals surface area contributed by atoms with E-state index in [1.807, 2.05) is 0 Å². The summed E-state index contributed by atoms with van der Waals surface area (Å²) < 4.78 is 16.7. The van der Waals surface area contributed by atoms with E-state index in [1.54, 1.807) is 0 Å². The Morgan fingerprint density at radius 2 is 1.28 bits per heavy atom. The second-order valence-electron chi connectivity index (χ2n) is 19.7. The van der Waals surface area contributed by atoms with Crippen molar-refractivity contribution in [1.29, 1.82) is 0 Å². The van der Waals surface area contributed by atoms with E-state index >= 15 is 0 Å². The first-order valence-corrected chi connectivity index (χ1v) is 21.6. The fraction of sp³-hybridized carbons (Fsp3) is 0.327. The lowest BCUT2D eigenvalue weighted by Crippen LogP contribution is -2.77. The number of benzene rings is 5. The van der Waals surface area contributed by atoms with Crippen molar-refractivity contribution in [2.24, 2.45) is 0 Å². The van der Waals surface area contributed by atoms with Gasteiger partial charge in [0.15, 0.2) is 0 Å². The lowest BCUT2D eigenvalue weighted by Gasteiger charge is -2.50. The third-order valence-electron chi connectivity index (χ3n) is 15.1. The first-order valence-electron chi connectivity index (χ1n) is 21.6. The first-order chi connectivity index (χ1) is 28.5. The number of rotatable bonds is 5. The molecule has 0 spiro atoms. The molecule has 60 heavy (non-hydrogen) atoms. The van der Waals surface area contributed by atoms with E-state index in [4.69, 9.17) is 9.84 Å². The molecule has 1 fully saturated rings. The summed E-state index contributed by atoms with van der Waals surface area (Å²) in [4.78, 5) is 4.79. The summed E-state index contributed by atoms with van der Waals surface area (Å²) in [6.07, 6.45) is 0.